The zero-order chi connectivity index (χ0) is 11.9. The number of benzene rings is 1. The topological polar surface area (TPSA) is 35.2 Å². The van der Waals surface area contributed by atoms with Gasteiger partial charge in [-0.1, -0.05) is 0 Å². The standard InChI is InChI=1S/C12H15F2NO/c1-7(15)12(3-4-12)11-9(13)5-8(16-2)6-10(11)14/h5-7H,3-4,15H2,1-2H3. The monoisotopic (exact) mass is 227 g/mol. The molecule has 1 fully saturated rings. The quantitative estimate of drug-likeness (QED) is 0.860. The zero-order valence-electron chi connectivity index (χ0n) is 9.39. The molecule has 0 aliphatic heterocycles. The fraction of sp³-hybridized carbons (Fsp3) is 0.500. The second kappa shape index (κ2) is 3.70. The Hall–Kier alpha value is -1.16. The number of rotatable bonds is 3. The summed E-state index contributed by atoms with van der Waals surface area (Å²) >= 11 is 0. The Balaban J connectivity index is 2.50. The molecule has 16 heavy (non-hydrogen) atoms. The molecule has 1 atom stereocenters. The van der Waals surface area contributed by atoms with Crippen LogP contribution in [0.25, 0.3) is 0 Å². The van der Waals surface area contributed by atoms with Gasteiger partial charge < -0.3 is 10.5 Å². The van der Waals surface area contributed by atoms with Gasteiger partial charge in [0.1, 0.15) is 17.4 Å². The zero-order valence-corrected chi connectivity index (χ0v) is 9.39. The Kier molecular flexibility index (Phi) is 2.62. The molecule has 0 spiro atoms. The molecule has 1 unspecified atom stereocenters. The first kappa shape index (κ1) is 11.3. The lowest BCUT2D eigenvalue weighted by Crippen LogP contribution is -2.33. The van der Waals surface area contributed by atoms with Gasteiger partial charge in [-0.2, -0.15) is 0 Å². The highest BCUT2D eigenvalue weighted by atomic mass is 19.1. The first-order valence-corrected chi connectivity index (χ1v) is 5.30. The van der Waals surface area contributed by atoms with E-state index in [4.69, 9.17) is 10.5 Å². The van der Waals surface area contributed by atoms with Gasteiger partial charge in [-0.3, -0.25) is 0 Å². The minimum Gasteiger partial charge on any atom is -0.497 e. The Labute approximate surface area is 93.4 Å². The maximum absolute atomic E-state index is 13.8. The number of halogens is 2. The van der Waals surface area contributed by atoms with Crippen molar-refractivity contribution in [1.29, 1.82) is 0 Å². The maximum atomic E-state index is 13.8. The van der Waals surface area contributed by atoms with E-state index in [1.807, 2.05) is 0 Å². The second-order valence-corrected chi connectivity index (χ2v) is 4.41. The first-order valence-electron chi connectivity index (χ1n) is 5.30. The van der Waals surface area contributed by atoms with Crippen LogP contribution in [0.2, 0.25) is 0 Å². The summed E-state index contributed by atoms with van der Waals surface area (Å²) in [7, 11) is 1.38. The predicted octanol–water partition coefficient (Wildman–Crippen LogP) is 2.35. The maximum Gasteiger partial charge on any atom is 0.133 e. The first-order chi connectivity index (χ1) is 7.51. The third-order valence-electron chi connectivity index (χ3n) is 3.41. The van der Waals surface area contributed by atoms with Crippen molar-refractivity contribution in [3.63, 3.8) is 0 Å². The Morgan fingerprint density at radius 1 is 1.31 bits per heavy atom. The summed E-state index contributed by atoms with van der Waals surface area (Å²) in [4.78, 5) is 0. The average molecular weight is 227 g/mol. The predicted molar refractivity (Wildman–Crippen MR) is 57.5 cm³/mol. The molecule has 0 bridgehead atoms. The van der Waals surface area contributed by atoms with Crippen molar-refractivity contribution < 1.29 is 13.5 Å². The average Bonchev–Trinajstić information content (AvgIpc) is 2.98. The summed E-state index contributed by atoms with van der Waals surface area (Å²) in [5.41, 5.74) is 5.41. The van der Waals surface area contributed by atoms with Crippen molar-refractivity contribution in [2.24, 2.45) is 5.73 Å². The molecule has 2 N–H and O–H groups in total. The summed E-state index contributed by atoms with van der Waals surface area (Å²) < 4.78 is 32.4. The molecule has 1 aliphatic carbocycles. The van der Waals surface area contributed by atoms with Gasteiger partial charge in [0.05, 0.1) is 7.11 Å². The van der Waals surface area contributed by atoms with E-state index in [0.717, 1.165) is 12.8 Å². The summed E-state index contributed by atoms with van der Waals surface area (Å²) in [5.74, 6) is -0.933. The van der Waals surface area contributed by atoms with E-state index in [0.29, 0.717) is 0 Å². The lowest BCUT2D eigenvalue weighted by Gasteiger charge is -2.21. The van der Waals surface area contributed by atoms with Crippen LogP contribution < -0.4 is 10.5 Å². The second-order valence-electron chi connectivity index (χ2n) is 4.41. The number of methoxy groups -OCH3 is 1. The van der Waals surface area contributed by atoms with Crippen molar-refractivity contribution in [3.8, 4) is 5.75 Å². The summed E-state index contributed by atoms with van der Waals surface area (Å²) in [5, 5.41) is 0. The number of hydrogen-bond acceptors (Lipinski definition) is 2. The minimum atomic E-state index is -0.563. The third-order valence-corrected chi connectivity index (χ3v) is 3.41. The van der Waals surface area contributed by atoms with Gasteiger partial charge in [-0.15, -0.1) is 0 Å². The molecule has 1 aromatic carbocycles. The Morgan fingerprint density at radius 3 is 2.12 bits per heavy atom. The van der Waals surface area contributed by atoms with Gasteiger partial charge in [0.2, 0.25) is 0 Å². The van der Waals surface area contributed by atoms with Crippen LogP contribution in [0.3, 0.4) is 0 Å². The summed E-state index contributed by atoms with van der Waals surface area (Å²) in [6.45, 7) is 1.79. The van der Waals surface area contributed by atoms with E-state index in [1.54, 1.807) is 6.92 Å². The van der Waals surface area contributed by atoms with Gasteiger partial charge in [-0.05, 0) is 19.8 Å². The molecular formula is C12H15F2NO. The van der Waals surface area contributed by atoms with Crippen LogP contribution in [0.4, 0.5) is 8.78 Å². The molecule has 1 aromatic rings. The number of hydrogen-bond donors (Lipinski definition) is 1. The molecule has 2 nitrogen and oxygen atoms in total. The normalized spacial score (nSPS) is 19.3. The fourth-order valence-electron chi connectivity index (χ4n) is 2.21. The minimum absolute atomic E-state index is 0.114. The molecule has 88 valence electrons. The van der Waals surface area contributed by atoms with Crippen molar-refractivity contribution in [2.45, 2.75) is 31.2 Å². The van der Waals surface area contributed by atoms with Crippen LogP contribution in [0.1, 0.15) is 25.3 Å². The van der Waals surface area contributed by atoms with E-state index < -0.39 is 17.0 Å². The van der Waals surface area contributed by atoms with Crippen LogP contribution in [0.15, 0.2) is 12.1 Å². The highest BCUT2D eigenvalue weighted by Crippen LogP contribution is 2.52. The molecular weight excluding hydrogens is 212 g/mol. The molecule has 0 saturated heterocycles. The Bertz CT molecular complexity index is 390. The molecule has 1 saturated carbocycles. The number of nitrogens with two attached hydrogens (primary N) is 1. The van der Waals surface area contributed by atoms with Gasteiger partial charge in [-0.25, -0.2) is 8.78 Å². The van der Waals surface area contributed by atoms with Crippen LogP contribution in [-0.2, 0) is 5.41 Å². The molecule has 0 radical (unpaired) electrons. The summed E-state index contributed by atoms with van der Waals surface area (Å²) in [6, 6.07) is 2.17. The van der Waals surface area contributed by atoms with E-state index in [2.05, 4.69) is 0 Å². The highest BCUT2D eigenvalue weighted by molar-refractivity contribution is 5.40. The van der Waals surface area contributed by atoms with E-state index >= 15 is 0 Å². The van der Waals surface area contributed by atoms with Crippen LogP contribution in [-0.4, -0.2) is 13.2 Å². The SMILES string of the molecule is COc1cc(F)c(C2(C(C)N)CC2)c(F)c1. The van der Waals surface area contributed by atoms with Crippen molar-refractivity contribution in [1.82, 2.24) is 0 Å². The molecule has 0 aromatic heterocycles. The van der Waals surface area contributed by atoms with Crippen LogP contribution in [0.5, 0.6) is 5.75 Å². The van der Waals surface area contributed by atoms with Crippen LogP contribution in [0, 0.1) is 11.6 Å². The molecule has 0 amide bonds. The largest absolute Gasteiger partial charge is 0.497 e. The Morgan fingerprint density at radius 2 is 1.81 bits per heavy atom. The smallest absolute Gasteiger partial charge is 0.133 e. The van der Waals surface area contributed by atoms with E-state index in [1.165, 1.54) is 19.2 Å². The van der Waals surface area contributed by atoms with Crippen molar-refractivity contribution in [2.75, 3.05) is 7.11 Å². The van der Waals surface area contributed by atoms with Gasteiger partial charge in [0.15, 0.2) is 0 Å². The van der Waals surface area contributed by atoms with Crippen molar-refractivity contribution >= 4 is 0 Å². The highest BCUT2D eigenvalue weighted by Gasteiger charge is 2.50. The fourth-order valence-corrected chi connectivity index (χ4v) is 2.21. The summed E-state index contributed by atoms with van der Waals surface area (Å²) in [6.07, 6.45) is 1.48. The van der Waals surface area contributed by atoms with Gasteiger partial charge in [0, 0.05) is 29.2 Å². The number of ether oxygens (including phenoxy) is 1. The molecule has 1 aliphatic rings. The third kappa shape index (κ3) is 1.57. The van der Waals surface area contributed by atoms with Gasteiger partial charge >= 0.3 is 0 Å². The lowest BCUT2D eigenvalue weighted by atomic mass is 9.88. The molecule has 0 heterocycles. The van der Waals surface area contributed by atoms with E-state index in [9.17, 15) is 8.78 Å². The van der Waals surface area contributed by atoms with E-state index in [-0.39, 0.29) is 17.4 Å². The van der Waals surface area contributed by atoms with Crippen LogP contribution >= 0.6 is 0 Å². The van der Waals surface area contributed by atoms with Crippen molar-refractivity contribution in [3.05, 3.63) is 29.3 Å². The molecule has 2 rings (SSSR count). The lowest BCUT2D eigenvalue weighted by molar-refractivity contribution is 0.400. The molecule has 4 heteroatoms. The van der Waals surface area contributed by atoms with Gasteiger partial charge in [0.25, 0.3) is 0 Å².